The Morgan fingerprint density at radius 2 is 1.60 bits per heavy atom. The van der Waals surface area contributed by atoms with Gasteiger partial charge in [-0.15, -0.1) is 0 Å². The number of hydrogen-bond donors (Lipinski definition) is 1. The van der Waals surface area contributed by atoms with Crippen molar-refractivity contribution in [2.75, 3.05) is 6.54 Å². The summed E-state index contributed by atoms with van der Waals surface area (Å²) in [5, 5.41) is 9.72. The zero-order chi connectivity index (χ0) is 15.2. The van der Waals surface area contributed by atoms with Crippen LogP contribution in [0.25, 0.3) is 0 Å². The number of hydrogen-bond acceptors (Lipinski definition) is 2. The fourth-order valence-corrected chi connectivity index (χ4v) is 4.97. The minimum Gasteiger partial charge on any atom is -0.480 e. The number of carboxylic acids is 1. The lowest BCUT2D eigenvalue weighted by Crippen LogP contribution is -2.61. The van der Waals surface area contributed by atoms with Crippen molar-refractivity contribution in [3.8, 4) is 0 Å². The molecule has 0 bridgehead atoms. The van der Waals surface area contributed by atoms with Gasteiger partial charge in [0, 0.05) is 6.04 Å². The third kappa shape index (κ3) is 3.03. The highest BCUT2D eigenvalue weighted by Gasteiger charge is 2.48. The maximum Gasteiger partial charge on any atom is 0.323 e. The Labute approximate surface area is 123 Å². The number of nitrogens with zero attached hydrogens (tertiary/aromatic N) is 1. The molecule has 0 amide bonds. The van der Waals surface area contributed by atoms with Crippen LogP contribution in [0, 0.1) is 10.8 Å². The van der Waals surface area contributed by atoms with E-state index in [0.29, 0.717) is 16.9 Å². The van der Waals surface area contributed by atoms with E-state index in [1.54, 1.807) is 0 Å². The molecule has 0 aromatic heterocycles. The van der Waals surface area contributed by atoms with Gasteiger partial charge in [-0.2, -0.15) is 0 Å². The van der Waals surface area contributed by atoms with Crippen LogP contribution in [0.3, 0.4) is 0 Å². The summed E-state index contributed by atoms with van der Waals surface area (Å²) in [5.74, 6) is -0.640. The molecule has 1 aliphatic carbocycles. The Morgan fingerprint density at radius 1 is 1.05 bits per heavy atom. The molecule has 1 unspecified atom stereocenters. The van der Waals surface area contributed by atoms with E-state index in [4.69, 9.17) is 0 Å². The number of aliphatic carboxylic acids is 1. The highest BCUT2D eigenvalue weighted by Crippen LogP contribution is 2.49. The first kappa shape index (κ1) is 15.8. The summed E-state index contributed by atoms with van der Waals surface area (Å²) in [6, 6.07) is 0.412. The van der Waals surface area contributed by atoms with E-state index >= 15 is 0 Å². The molecule has 1 heterocycles. The molecule has 20 heavy (non-hydrogen) atoms. The second-order valence-corrected chi connectivity index (χ2v) is 8.80. The number of likely N-dealkylation sites (tertiary alicyclic amines) is 1. The topological polar surface area (TPSA) is 40.5 Å². The van der Waals surface area contributed by atoms with E-state index in [0.717, 1.165) is 38.6 Å². The van der Waals surface area contributed by atoms with Crippen molar-refractivity contribution >= 4 is 5.97 Å². The summed E-state index contributed by atoms with van der Waals surface area (Å²) in [6.07, 6.45) is 6.45. The van der Waals surface area contributed by atoms with Gasteiger partial charge in [0.15, 0.2) is 0 Å². The Bertz CT molecular complexity index is 372. The molecule has 3 nitrogen and oxygen atoms in total. The molecule has 2 aliphatic rings. The fourth-order valence-electron chi connectivity index (χ4n) is 4.97. The number of rotatable bonds is 2. The summed E-state index contributed by atoms with van der Waals surface area (Å²) in [6.45, 7) is 12.2. The van der Waals surface area contributed by atoms with Crippen LogP contribution >= 0.6 is 0 Å². The molecule has 0 spiro atoms. The molecule has 3 heteroatoms. The Balaban J connectivity index is 2.26. The van der Waals surface area contributed by atoms with E-state index in [-0.39, 0.29) is 0 Å². The molecule has 0 aromatic carbocycles. The first-order chi connectivity index (χ1) is 9.06. The van der Waals surface area contributed by atoms with Crippen LogP contribution in [0.4, 0.5) is 0 Å². The molecular weight excluding hydrogens is 250 g/mol. The molecule has 1 saturated carbocycles. The van der Waals surface area contributed by atoms with Gasteiger partial charge in [0.25, 0.3) is 0 Å². The zero-order valence-electron chi connectivity index (χ0n) is 13.8. The average molecular weight is 281 g/mol. The summed E-state index contributed by atoms with van der Waals surface area (Å²) in [7, 11) is 0. The highest BCUT2D eigenvalue weighted by molar-refractivity contribution is 5.78. The second-order valence-electron chi connectivity index (χ2n) is 8.80. The Hall–Kier alpha value is -0.570. The lowest BCUT2D eigenvalue weighted by atomic mass is 9.62. The molecule has 2 rings (SSSR count). The predicted octanol–water partition coefficient (Wildman–Crippen LogP) is 3.92. The lowest BCUT2D eigenvalue weighted by molar-refractivity contribution is -0.158. The van der Waals surface area contributed by atoms with Crippen LogP contribution in [0.5, 0.6) is 0 Å². The summed E-state index contributed by atoms with van der Waals surface area (Å²) < 4.78 is 0. The van der Waals surface area contributed by atoms with E-state index in [2.05, 4.69) is 32.6 Å². The van der Waals surface area contributed by atoms with E-state index in [1.165, 1.54) is 6.42 Å². The molecule has 0 aromatic rings. The van der Waals surface area contributed by atoms with Gasteiger partial charge in [0.1, 0.15) is 5.54 Å². The maximum absolute atomic E-state index is 11.8. The van der Waals surface area contributed by atoms with Gasteiger partial charge in [-0.3, -0.25) is 9.69 Å². The first-order valence-electron chi connectivity index (χ1n) is 8.06. The fraction of sp³-hybridized carbons (Fsp3) is 0.941. The largest absolute Gasteiger partial charge is 0.480 e. The standard InChI is InChI=1S/C17H31NO2/c1-15(2)10-13(11-16(3,4)12-15)18-9-7-6-8-17(18,5)14(19)20/h13H,6-12H2,1-5H3,(H,19,20). The zero-order valence-corrected chi connectivity index (χ0v) is 13.8. The van der Waals surface area contributed by atoms with Crippen LogP contribution < -0.4 is 0 Å². The summed E-state index contributed by atoms with van der Waals surface area (Å²) >= 11 is 0. The number of piperidine rings is 1. The minimum absolute atomic E-state index is 0.309. The van der Waals surface area contributed by atoms with Crippen molar-refractivity contribution in [3.63, 3.8) is 0 Å². The molecular formula is C17H31NO2. The molecule has 0 radical (unpaired) electrons. The maximum atomic E-state index is 11.8. The number of carbonyl (C=O) groups is 1. The highest BCUT2D eigenvalue weighted by atomic mass is 16.4. The third-order valence-electron chi connectivity index (χ3n) is 5.38. The van der Waals surface area contributed by atoms with Crippen LogP contribution in [0.1, 0.15) is 73.1 Å². The van der Waals surface area contributed by atoms with Gasteiger partial charge >= 0.3 is 5.97 Å². The van der Waals surface area contributed by atoms with Crippen LogP contribution in [0.2, 0.25) is 0 Å². The molecule has 2 fully saturated rings. The Morgan fingerprint density at radius 3 is 2.10 bits per heavy atom. The normalized spacial score (nSPS) is 34.9. The smallest absolute Gasteiger partial charge is 0.323 e. The molecule has 1 N–H and O–H groups in total. The van der Waals surface area contributed by atoms with Crippen molar-refractivity contribution in [2.45, 2.75) is 84.7 Å². The van der Waals surface area contributed by atoms with Gasteiger partial charge in [-0.05, 0) is 62.8 Å². The van der Waals surface area contributed by atoms with Crippen molar-refractivity contribution < 1.29 is 9.90 Å². The molecule has 1 saturated heterocycles. The number of carboxylic acid groups (broad SMARTS) is 1. The van der Waals surface area contributed by atoms with Gasteiger partial charge in [-0.1, -0.05) is 27.7 Å². The van der Waals surface area contributed by atoms with Crippen molar-refractivity contribution in [2.24, 2.45) is 10.8 Å². The summed E-state index contributed by atoms with van der Waals surface area (Å²) in [4.78, 5) is 14.1. The third-order valence-corrected chi connectivity index (χ3v) is 5.38. The van der Waals surface area contributed by atoms with Gasteiger partial charge in [0.05, 0.1) is 0 Å². The Kier molecular flexibility index (Phi) is 3.96. The van der Waals surface area contributed by atoms with Crippen molar-refractivity contribution in [1.82, 2.24) is 4.90 Å². The minimum atomic E-state index is -0.660. The van der Waals surface area contributed by atoms with E-state index in [9.17, 15) is 9.90 Å². The quantitative estimate of drug-likeness (QED) is 0.834. The van der Waals surface area contributed by atoms with Crippen LogP contribution in [-0.4, -0.2) is 34.1 Å². The molecule has 1 aliphatic heterocycles. The van der Waals surface area contributed by atoms with Crippen molar-refractivity contribution in [3.05, 3.63) is 0 Å². The van der Waals surface area contributed by atoms with E-state index < -0.39 is 11.5 Å². The monoisotopic (exact) mass is 281 g/mol. The average Bonchev–Trinajstić information content (AvgIpc) is 2.24. The van der Waals surface area contributed by atoms with Crippen molar-refractivity contribution in [1.29, 1.82) is 0 Å². The van der Waals surface area contributed by atoms with Gasteiger partial charge in [-0.25, -0.2) is 0 Å². The first-order valence-corrected chi connectivity index (χ1v) is 8.06. The van der Waals surface area contributed by atoms with Gasteiger partial charge < -0.3 is 5.11 Å². The summed E-state index contributed by atoms with van der Waals surface area (Å²) in [5.41, 5.74) is -0.0427. The predicted molar refractivity (Wildman–Crippen MR) is 81.8 cm³/mol. The second kappa shape index (κ2) is 5.01. The van der Waals surface area contributed by atoms with Crippen LogP contribution in [-0.2, 0) is 4.79 Å². The lowest BCUT2D eigenvalue weighted by Gasteiger charge is -2.53. The van der Waals surface area contributed by atoms with Gasteiger partial charge in [0.2, 0.25) is 0 Å². The van der Waals surface area contributed by atoms with Crippen LogP contribution in [0.15, 0.2) is 0 Å². The SMILES string of the molecule is CC1(C)CC(N2CCCCC2(C)C(=O)O)CC(C)(C)C1. The van der Waals surface area contributed by atoms with E-state index in [1.807, 2.05) is 6.92 Å². The molecule has 1 atom stereocenters. The molecule has 116 valence electrons.